The number of hydrazone groups is 1. The van der Waals surface area contributed by atoms with Gasteiger partial charge >= 0.3 is 0 Å². The lowest BCUT2D eigenvalue weighted by molar-refractivity contribution is 0.122. The monoisotopic (exact) mass is 607 g/mol. The summed E-state index contributed by atoms with van der Waals surface area (Å²) in [6.45, 7) is 6.95. The molecule has 10 nitrogen and oxygen atoms in total. The molecule has 1 fully saturated rings. The van der Waals surface area contributed by atoms with E-state index in [2.05, 4.69) is 86.6 Å². The maximum atomic E-state index is 10.6. The number of aromatic hydroxyl groups is 1. The van der Waals surface area contributed by atoms with Crippen LogP contribution in [0.2, 0.25) is 0 Å². The summed E-state index contributed by atoms with van der Waals surface area (Å²) >= 11 is 6.94. The molecule has 12 heteroatoms. The lowest BCUT2D eigenvalue weighted by Crippen LogP contribution is -2.38. The molecule has 0 saturated carbocycles. The van der Waals surface area contributed by atoms with Crippen molar-refractivity contribution in [3.8, 4) is 11.5 Å². The Morgan fingerprint density at radius 1 is 1.23 bits per heavy atom. The molecule has 1 saturated heterocycles. The lowest BCUT2D eigenvalue weighted by atomic mass is 9.94. The molecule has 0 amide bonds. The predicted octanol–water partition coefficient (Wildman–Crippen LogP) is 4.47. The normalized spacial score (nSPS) is 19.8. The fourth-order valence-electron chi connectivity index (χ4n) is 3.60. The van der Waals surface area contributed by atoms with Crippen molar-refractivity contribution in [2.24, 2.45) is 5.10 Å². The minimum absolute atomic E-state index is 0.0236. The van der Waals surface area contributed by atoms with Crippen LogP contribution < -0.4 is 20.4 Å². The molecule has 35 heavy (non-hydrogen) atoms. The van der Waals surface area contributed by atoms with E-state index in [1.807, 2.05) is 19.1 Å². The topological polar surface area (TPSA) is 117 Å². The number of ether oxygens (including phenoxy) is 2. The molecule has 0 radical (unpaired) electrons. The molecule has 2 aliphatic rings. The van der Waals surface area contributed by atoms with Crippen molar-refractivity contribution in [3.05, 3.63) is 44.9 Å². The van der Waals surface area contributed by atoms with Crippen molar-refractivity contribution >= 4 is 55.9 Å². The largest absolute Gasteiger partial charge is 0.504 e. The number of allylic oxidation sites excluding steroid dienone is 2. The average Bonchev–Trinajstić information content (AvgIpc) is 2.85. The highest BCUT2D eigenvalue weighted by Gasteiger charge is 2.24. The summed E-state index contributed by atoms with van der Waals surface area (Å²) in [6.07, 6.45) is 10.5. The molecule has 1 aromatic heterocycles. The first kappa shape index (κ1) is 25.4. The molecule has 1 aliphatic heterocycles. The van der Waals surface area contributed by atoms with Gasteiger partial charge in [-0.3, -0.25) is 0 Å². The number of hydrogen-bond acceptors (Lipinski definition) is 10. The number of aromatic nitrogens is 3. The highest BCUT2D eigenvalue weighted by atomic mass is 79.9. The molecule has 1 aliphatic carbocycles. The third-order valence-corrected chi connectivity index (χ3v) is 7.43. The lowest BCUT2D eigenvalue weighted by Gasteiger charge is -2.30. The number of phenolic OH excluding ortho intramolecular Hbond substituents is 1. The summed E-state index contributed by atoms with van der Waals surface area (Å²) < 4.78 is 12.3. The molecule has 2 heterocycles. The van der Waals surface area contributed by atoms with Crippen LogP contribution in [0.1, 0.15) is 25.8 Å². The second kappa shape index (κ2) is 11.4. The third-order valence-electron chi connectivity index (χ3n) is 5.42. The van der Waals surface area contributed by atoms with E-state index in [1.165, 1.54) is 6.21 Å². The molecule has 3 N–H and O–H groups in total. The van der Waals surface area contributed by atoms with E-state index >= 15 is 0 Å². The Morgan fingerprint density at radius 2 is 2.00 bits per heavy atom. The minimum atomic E-state index is -0.318. The molecule has 186 valence electrons. The SMILES string of the molecule is CCOc1cc(Br)c(Br)c(/C=N/Nc2nc(NC3(C)C=CC=CC3)nc(N3CCOCC3)n2)c1O. The number of nitrogens with one attached hydrogen (secondary N) is 2. The first-order valence-corrected chi connectivity index (χ1v) is 12.8. The zero-order chi connectivity index (χ0) is 24.8. The van der Waals surface area contributed by atoms with Crippen LogP contribution in [-0.4, -0.2) is 64.7 Å². The van der Waals surface area contributed by atoms with Crippen molar-refractivity contribution in [2.75, 3.05) is 48.6 Å². The second-order valence-corrected chi connectivity index (χ2v) is 9.80. The van der Waals surface area contributed by atoms with E-state index in [-0.39, 0.29) is 17.2 Å². The van der Waals surface area contributed by atoms with Gasteiger partial charge in [0.25, 0.3) is 0 Å². The Morgan fingerprint density at radius 3 is 2.71 bits per heavy atom. The fourth-order valence-corrected chi connectivity index (χ4v) is 4.43. The molecule has 1 atom stereocenters. The molecule has 0 spiro atoms. The van der Waals surface area contributed by atoms with Gasteiger partial charge in [-0.1, -0.05) is 24.3 Å². The summed E-state index contributed by atoms with van der Waals surface area (Å²) in [5, 5.41) is 18.3. The number of halogens is 2. The smallest absolute Gasteiger partial charge is 0.250 e. The maximum absolute atomic E-state index is 10.6. The van der Waals surface area contributed by atoms with Gasteiger partial charge in [0.1, 0.15) is 0 Å². The Hall–Kier alpha value is -2.70. The molecule has 2 aromatic rings. The van der Waals surface area contributed by atoms with Crippen LogP contribution in [0.5, 0.6) is 11.5 Å². The van der Waals surface area contributed by atoms with Gasteiger partial charge in [0.15, 0.2) is 11.5 Å². The van der Waals surface area contributed by atoms with E-state index in [1.54, 1.807) is 6.07 Å². The Bertz CT molecular complexity index is 1150. The number of nitrogens with zero attached hydrogens (tertiary/aromatic N) is 5. The van der Waals surface area contributed by atoms with E-state index in [9.17, 15) is 5.11 Å². The van der Waals surface area contributed by atoms with E-state index in [4.69, 9.17) is 9.47 Å². The van der Waals surface area contributed by atoms with E-state index in [0.29, 0.717) is 60.6 Å². The van der Waals surface area contributed by atoms with Crippen LogP contribution in [0.4, 0.5) is 17.8 Å². The van der Waals surface area contributed by atoms with Gasteiger partial charge in [-0.2, -0.15) is 20.1 Å². The molecule has 0 bridgehead atoms. The predicted molar refractivity (Wildman–Crippen MR) is 144 cm³/mol. The van der Waals surface area contributed by atoms with Crippen molar-refractivity contribution < 1.29 is 14.6 Å². The quantitative estimate of drug-likeness (QED) is 0.295. The molecular weight excluding hydrogens is 582 g/mol. The minimum Gasteiger partial charge on any atom is -0.504 e. The number of benzene rings is 1. The summed E-state index contributed by atoms with van der Waals surface area (Å²) in [5.41, 5.74) is 3.01. The zero-order valence-corrected chi connectivity index (χ0v) is 22.6. The van der Waals surface area contributed by atoms with Crippen LogP contribution in [0.3, 0.4) is 0 Å². The maximum Gasteiger partial charge on any atom is 0.250 e. The molecule has 1 aromatic carbocycles. The number of hydrogen-bond donors (Lipinski definition) is 3. The number of morpholine rings is 1. The number of anilines is 3. The summed E-state index contributed by atoms with van der Waals surface area (Å²) in [7, 11) is 0. The highest BCUT2D eigenvalue weighted by Crippen LogP contribution is 2.39. The summed E-state index contributed by atoms with van der Waals surface area (Å²) in [6, 6.07) is 1.70. The molecule has 4 rings (SSSR count). The highest BCUT2D eigenvalue weighted by molar-refractivity contribution is 9.13. The third kappa shape index (κ3) is 6.30. The van der Waals surface area contributed by atoms with Crippen LogP contribution in [-0.2, 0) is 4.74 Å². The second-order valence-electron chi connectivity index (χ2n) is 8.15. The van der Waals surface area contributed by atoms with E-state index < -0.39 is 0 Å². The zero-order valence-electron chi connectivity index (χ0n) is 19.5. The van der Waals surface area contributed by atoms with Crippen LogP contribution in [0.25, 0.3) is 0 Å². The number of phenols is 1. The standard InChI is InChI=1S/C23H27Br2N7O3/c1-3-35-17-13-16(24)18(25)15(19(17)33)14-26-31-21-27-20(30-23(2)7-5-4-6-8-23)28-22(29-21)32-9-11-34-12-10-32/h4-7,13-14,33H,3,8-12H2,1-2H3,(H2,27,28,29,30,31)/b26-14+. The summed E-state index contributed by atoms with van der Waals surface area (Å²) in [4.78, 5) is 15.8. The van der Waals surface area contributed by atoms with Crippen molar-refractivity contribution in [1.29, 1.82) is 0 Å². The Kier molecular flexibility index (Phi) is 8.24. The van der Waals surface area contributed by atoms with Crippen LogP contribution in [0.15, 0.2) is 44.4 Å². The van der Waals surface area contributed by atoms with Gasteiger partial charge in [-0.15, -0.1) is 0 Å². The van der Waals surface area contributed by atoms with Gasteiger partial charge in [-0.05, 0) is 58.2 Å². The first-order valence-electron chi connectivity index (χ1n) is 11.2. The van der Waals surface area contributed by atoms with Gasteiger partial charge in [-0.25, -0.2) is 5.43 Å². The van der Waals surface area contributed by atoms with Crippen molar-refractivity contribution in [2.45, 2.75) is 25.8 Å². The van der Waals surface area contributed by atoms with Crippen molar-refractivity contribution in [3.63, 3.8) is 0 Å². The molecular formula is C23H27Br2N7O3. The first-order chi connectivity index (χ1) is 16.9. The van der Waals surface area contributed by atoms with E-state index in [0.717, 1.165) is 10.9 Å². The Labute approximate surface area is 220 Å². The average molecular weight is 609 g/mol. The van der Waals surface area contributed by atoms with Crippen LogP contribution >= 0.6 is 31.9 Å². The molecule has 1 unspecified atom stereocenters. The van der Waals surface area contributed by atoms with Gasteiger partial charge < -0.3 is 24.8 Å². The van der Waals surface area contributed by atoms with Crippen LogP contribution in [0, 0.1) is 0 Å². The van der Waals surface area contributed by atoms with Gasteiger partial charge in [0, 0.05) is 22.0 Å². The summed E-state index contributed by atoms with van der Waals surface area (Å²) in [5.74, 6) is 1.58. The number of rotatable bonds is 8. The van der Waals surface area contributed by atoms with Gasteiger partial charge in [0.2, 0.25) is 17.8 Å². The van der Waals surface area contributed by atoms with Crippen molar-refractivity contribution in [1.82, 2.24) is 15.0 Å². The Balaban J connectivity index is 1.61. The van der Waals surface area contributed by atoms with Gasteiger partial charge in [0.05, 0.1) is 37.1 Å². The fraction of sp³-hybridized carbons (Fsp3) is 0.391.